The Labute approximate surface area is 90.7 Å². The van der Waals surface area contributed by atoms with Crippen LogP contribution in [-0.2, 0) is 4.79 Å². The molecule has 72 valence electrons. The van der Waals surface area contributed by atoms with Crippen molar-refractivity contribution in [3.63, 3.8) is 0 Å². The maximum atomic E-state index is 10.5. The van der Waals surface area contributed by atoms with Crippen molar-refractivity contribution in [1.29, 1.82) is 0 Å². The maximum Gasteiger partial charge on any atom is 0.342 e. The van der Waals surface area contributed by atoms with Crippen molar-refractivity contribution in [3.05, 3.63) is 46.5 Å². The minimum atomic E-state index is -0.974. The standard InChI is InChI=1S/C11H9BrO2/c1-2-8-3-5-9(6-4-8)7-10(12)11(13)14/h2-7H,1H2,(H,13,14). The van der Waals surface area contributed by atoms with Gasteiger partial charge in [-0.1, -0.05) is 36.9 Å². The minimum Gasteiger partial charge on any atom is -0.477 e. The molecule has 0 bridgehead atoms. The Balaban J connectivity index is 2.93. The quantitative estimate of drug-likeness (QED) is 0.840. The zero-order valence-electron chi connectivity index (χ0n) is 7.40. The highest BCUT2D eigenvalue weighted by atomic mass is 79.9. The van der Waals surface area contributed by atoms with Gasteiger partial charge < -0.3 is 5.11 Å². The second-order valence-electron chi connectivity index (χ2n) is 2.67. The molecule has 1 rings (SSSR count). The number of carboxylic acid groups (broad SMARTS) is 1. The van der Waals surface area contributed by atoms with Crippen molar-refractivity contribution >= 4 is 34.1 Å². The molecule has 0 atom stereocenters. The van der Waals surface area contributed by atoms with Crippen molar-refractivity contribution < 1.29 is 9.90 Å². The van der Waals surface area contributed by atoms with Gasteiger partial charge in [0.1, 0.15) is 4.48 Å². The number of hydrogen-bond acceptors (Lipinski definition) is 1. The smallest absolute Gasteiger partial charge is 0.342 e. The molecule has 14 heavy (non-hydrogen) atoms. The van der Waals surface area contributed by atoms with Crippen molar-refractivity contribution in [2.24, 2.45) is 0 Å². The highest BCUT2D eigenvalue weighted by molar-refractivity contribution is 9.12. The lowest BCUT2D eigenvalue weighted by molar-refractivity contribution is -0.131. The Bertz CT molecular complexity index is 377. The minimum absolute atomic E-state index is 0.142. The maximum absolute atomic E-state index is 10.5. The summed E-state index contributed by atoms with van der Waals surface area (Å²) in [5.74, 6) is -0.974. The Kier molecular flexibility index (Phi) is 3.65. The lowest BCUT2D eigenvalue weighted by Crippen LogP contribution is -1.92. The zero-order valence-corrected chi connectivity index (χ0v) is 8.99. The molecule has 0 radical (unpaired) electrons. The molecule has 3 heteroatoms. The first-order valence-corrected chi connectivity index (χ1v) is 4.76. The highest BCUT2D eigenvalue weighted by Crippen LogP contribution is 2.13. The third kappa shape index (κ3) is 2.85. The normalized spacial score (nSPS) is 11.1. The fourth-order valence-corrected chi connectivity index (χ4v) is 1.20. The first-order chi connectivity index (χ1) is 6.63. The van der Waals surface area contributed by atoms with E-state index in [9.17, 15) is 4.79 Å². The molecule has 0 fully saturated rings. The van der Waals surface area contributed by atoms with E-state index in [0.29, 0.717) is 0 Å². The molecule has 0 spiro atoms. The van der Waals surface area contributed by atoms with Crippen LogP contribution in [0, 0.1) is 0 Å². The summed E-state index contributed by atoms with van der Waals surface area (Å²) >= 11 is 2.96. The van der Waals surface area contributed by atoms with Crippen LogP contribution in [0.2, 0.25) is 0 Å². The molecule has 0 aliphatic heterocycles. The lowest BCUT2D eigenvalue weighted by atomic mass is 10.1. The highest BCUT2D eigenvalue weighted by Gasteiger charge is 2.01. The number of benzene rings is 1. The first-order valence-electron chi connectivity index (χ1n) is 3.96. The predicted molar refractivity (Wildman–Crippen MR) is 61.1 cm³/mol. The zero-order chi connectivity index (χ0) is 10.6. The summed E-state index contributed by atoms with van der Waals surface area (Å²) in [5.41, 5.74) is 1.85. The summed E-state index contributed by atoms with van der Waals surface area (Å²) in [4.78, 5) is 10.5. The number of aliphatic carboxylic acids is 1. The molecule has 0 saturated carbocycles. The van der Waals surface area contributed by atoms with E-state index in [1.807, 2.05) is 24.3 Å². The average molecular weight is 253 g/mol. The monoisotopic (exact) mass is 252 g/mol. The van der Waals surface area contributed by atoms with Gasteiger partial charge in [0.15, 0.2) is 0 Å². The second kappa shape index (κ2) is 4.77. The van der Waals surface area contributed by atoms with E-state index in [1.165, 1.54) is 0 Å². The topological polar surface area (TPSA) is 37.3 Å². The predicted octanol–water partition coefficient (Wildman–Crippen LogP) is 3.15. The van der Waals surface area contributed by atoms with Gasteiger partial charge in [-0.2, -0.15) is 0 Å². The third-order valence-electron chi connectivity index (χ3n) is 1.67. The van der Waals surface area contributed by atoms with E-state index in [2.05, 4.69) is 22.5 Å². The molecule has 0 unspecified atom stereocenters. The van der Waals surface area contributed by atoms with Gasteiger partial charge in [0.2, 0.25) is 0 Å². The van der Waals surface area contributed by atoms with E-state index in [4.69, 9.17) is 5.11 Å². The van der Waals surface area contributed by atoms with Crippen molar-refractivity contribution in [1.82, 2.24) is 0 Å². The molecule has 0 aliphatic carbocycles. The van der Waals surface area contributed by atoms with Gasteiger partial charge in [-0.3, -0.25) is 0 Å². The van der Waals surface area contributed by atoms with Crippen LogP contribution in [0.15, 0.2) is 35.3 Å². The van der Waals surface area contributed by atoms with Crippen LogP contribution < -0.4 is 0 Å². The molecular formula is C11H9BrO2. The first kappa shape index (κ1) is 10.7. The SMILES string of the molecule is C=Cc1ccc(C=C(Br)C(=O)O)cc1. The molecule has 1 N–H and O–H groups in total. The largest absolute Gasteiger partial charge is 0.477 e. The van der Waals surface area contributed by atoms with Crippen LogP contribution in [0.4, 0.5) is 0 Å². The molecule has 0 heterocycles. The number of carbonyl (C=O) groups is 1. The molecular weight excluding hydrogens is 244 g/mol. The third-order valence-corrected chi connectivity index (χ3v) is 2.24. The molecule has 2 nitrogen and oxygen atoms in total. The van der Waals surface area contributed by atoms with Gasteiger partial charge in [0.05, 0.1) is 0 Å². The molecule has 1 aromatic carbocycles. The Morgan fingerprint density at radius 1 is 1.29 bits per heavy atom. The van der Waals surface area contributed by atoms with Gasteiger partial charge in [-0.05, 0) is 33.1 Å². The van der Waals surface area contributed by atoms with Gasteiger partial charge in [-0.25, -0.2) is 4.79 Å². The van der Waals surface area contributed by atoms with Gasteiger partial charge in [0, 0.05) is 0 Å². The molecule has 0 amide bonds. The summed E-state index contributed by atoms with van der Waals surface area (Å²) in [6.07, 6.45) is 3.29. The summed E-state index contributed by atoms with van der Waals surface area (Å²) in [6, 6.07) is 7.42. The van der Waals surface area contributed by atoms with E-state index >= 15 is 0 Å². The number of carboxylic acids is 1. The fourth-order valence-electron chi connectivity index (χ4n) is 0.936. The van der Waals surface area contributed by atoms with E-state index < -0.39 is 5.97 Å². The Morgan fingerprint density at radius 2 is 1.79 bits per heavy atom. The summed E-state index contributed by atoms with van der Waals surface area (Å²) < 4.78 is 0.142. The van der Waals surface area contributed by atoms with Crippen LogP contribution in [-0.4, -0.2) is 11.1 Å². The Morgan fingerprint density at radius 3 is 2.21 bits per heavy atom. The van der Waals surface area contributed by atoms with E-state index in [-0.39, 0.29) is 4.48 Å². The van der Waals surface area contributed by atoms with Crippen molar-refractivity contribution in [2.75, 3.05) is 0 Å². The Hall–Kier alpha value is -1.35. The summed E-state index contributed by atoms with van der Waals surface area (Å²) in [5, 5.41) is 8.61. The number of rotatable bonds is 3. The summed E-state index contributed by atoms with van der Waals surface area (Å²) in [7, 11) is 0. The molecule has 0 saturated heterocycles. The number of hydrogen-bond donors (Lipinski definition) is 1. The van der Waals surface area contributed by atoms with E-state index in [1.54, 1.807) is 12.2 Å². The van der Waals surface area contributed by atoms with Gasteiger partial charge in [0.25, 0.3) is 0 Å². The average Bonchev–Trinajstić information content (AvgIpc) is 2.19. The molecule has 1 aromatic rings. The van der Waals surface area contributed by atoms with Crippen molar-refractivity contribution in [2.45, 2.75) is 0 Å². The van der Waals surface area contributed by atoms with Crippen LogP contribution in [0.3, 0.4) is 0 Å². The van der Waals surface area contributed by atoms with Crippen molar-refractivity contribution in [3.8, 4) is 0 Å². The van der Waals surface area contributed by atoms with Crippen LogP contribution in [0.1, 0.15) is 11.1 Å². The molecule has 0 aromatic heterocycles. The number of halogens is 1. The van der Waals surface area contributed by atoms with Crippen LogP contribution in [0.5, 0.6) is 0 Å². The lowest BCUT2D eigenvalue weighted by Gasteiger charge is -1.96. The fraction of sp³-hybridized carbons (Fsp3) is 0. The van der Waals surface area contributed by atoms with Gasteiger partial charge >= 0.3 is 5.97 Å². The van der Waals surface area contributed by atoms with Crippen LogP contribution in [0.25, 0.3) is 12.2 Å². The van der Waals surface area contributed by atoms with Gasteiger partial charge in [-0.15, -0.1) is 0 Å². The second-order valence-corrected chi connectivity index (χ2v) is 3.52. The summed E-state index contributed by atoms with van der Waals surface area (Å²) in [6.45, 7) is 3.63. The molecule has 0 aliphatic rings. The van der Waals surface area contributed by atoms with Crippen LogP contribution >= 0.6 is 15.9 Å². The van der Waals surface area contributed by atoms with E-state index in [0.717, 1.165) is 11.1 Å².